The molecule has 0 aliphatic heterocycles. The number of nitro benzene ring substituents is 1. The fourth-order valence-corrected chi connectivity index (χ4v) is 3.28. The number of carbonyl (C=O) groups is 2. The van der Waals surface area contributed by atoms with Crippen molar-refractivity contribution in [2.24, 2.45) is 0 Å². The highest BCUT2D eigenvalue weighted by Gasteiger charge is 2.36. The lowest BCUT2D eigenvalue weighted by Gasteiger charge is -2.21. The second-order valence-electron chi connectivity index (χ2n) is 7.31. The van der Waals surface area contributed by atoms with E-state index in [9.17, 15) is 32.9 Å². The molecule has 0 saturated heterocycles. The first-order chi connectivity index (χ1) is 16.1. The first-order valence-corrected chi connectivity index (χ1v) is 10.0. The standard InChI is InChI=1S/C24H19F3N2O5/c1-15(22(30)28-20-13-12-18(29(32)33)14-19(20)24(25,26)27)34-23(31)21(16-8-4-2-5-9-16)17-10-6-3-7-11-17/h2-15,21H,1H3,(H,28,30). The van der Waals surface area contributed by atoms with Gasteiger partial charge < -0.3 is 10.1 Å². The number of alkyl halides is 3. The monoisotopic (exact) mass is 472 g/mol. The Hall–Kier alpha value is -4.21. The van der Waals surface area contributed by atoms with Gasteiger partial charge in [0.05, 0.1) is 16.2 Å². The highest BCUT2D eigenvalue weighted by molar-refractivity contribution is 5.96. The Morgan fingerprint density at radius 2 is 1.47 bits per heavy atom. The molecule has 1 N–H and O–H groups in total. The molecule has 1 unspecified atom stereocenters. The topological polar surface area (TPSA) is 98.5 Å². The minimum atomic E-state index is -4.96. The van der Waals surface area contributed by atoms with Gasteiger partial charge in [0.2, 0.25) is 0 Å². The molecule has 0 saturated carbocycles. The van der Waals surface area contributed by atoms with E-state index in [4.69, 9.17) is 4.74 Å². The van der Waals surface area contributed by atoms with Crippen LogP contribution in [-0.4, -0.2) is 22.9 Å². The van der Waals surface area contributed by atoms with Gasteiger partial charge in [0, 0.05) is 12.1 Å². The lowest BCUT2D eigenvalue weighted by molar-refractivity contribution is -0.385. The van der Waals surface area contributed by atoms with Gasteiger partial charge in [-0.1, -0.05) is 60.7 Å². The quantitative estimate of drug-likeness (QED) is 0.285. The van der Waals surface area contributed by atoms with Crippen molar-refractivity contribution in [2.45, 2.75) is 25.1 Å². The highest BCUT2D eigenvalue weighted by atomic mass is 19.4. The van der Waals surface area contributed by atoms with Gasteiger partial charge in [-0.3, -0.25) is 19.7 Å². The average Bonchev–Trinajstić information content (AvgIpc) is 2.80. The second kappa shape index (κ2) is 10.2. The predicted molar refractivity (Wildman–Crippen MR) is 117 cm³/mol. The van der Waals surface area contributed by atoms with Gasteiger partial charge in [0.1, 0.15) is 5.92 Å². The number of non-ortho nitro benzene ring substituents is 1. The summed E-state index contributed by atoms with van der Waals surface area (Å²) in [4.78, 5) is 35.4. The van der Waals surface area contributed by atoms with E-state index in [0.717, 1.165) is 12.1 Å². The number of nitrogens with one attached hydrogen (secondary N) is 1. The zero-order valence-electron chi connectivity index (χ0n) is 17.8. The van der Waals surface area contributed by atoms with Crippen LogP contribution in [-0.2, 0) is 20.5 Å². The molecule has 176 valence electrons. The van der Waals surface area contributed by atoms with Crippen LogP contribution in [0.25, 0.3) is 0 Å². The molecule has 0 bridgehead atoms. The summed E-state index contributed by atoms with van der Waals surface area (Å²) in [6, 6.07) is 19.3. The van der Waals surface area contributed by atoms with Crippen LogP contribution in [0, 0.1) is 10.1 Å². The van der Waals surface area contributed by atoms with Crippen LogP contribution in [0.1, 0.15) is 29.5 Å². The zero-order valence-corrected chi connectivity index (χ0v) is 17.8. The molecule has 0 aliphatic carbocycles. The molecule has 10 heteroatoms. The molecule has 0 fully saturated rings. The molecule has 0 aliphatic rings. The number of esters is 1. The van der Waals surface area contributed by atoms with Gasteiger partial charge in [-0.25, -0.2) is 0 Å². The van der Waals surface area contributed by atoms with Crippen molar-refractivity contribution in [2.75, 3.05) is 5.32 Å². The van der Waals surface area contributed by atoms with Gasteiger partial charge in [-0.2, -0.15) is 13.2 Å². The number of amides is 1. The van der Waals surface area contributed by atoms with E-state index in [1.807, 2.05) is 5.32 Å². The number of anilines is 1. The summed E-state index contributed by atoms with van der Waals surface area (Å²) in [5, 5.41) is 12.9. The summed E-state index contributed by atoms with van der Waals surface area (Å²) in [6.07, 6.45) is -6.40. The van der Waals surface area contributed by atoms with Crippen molar-refractivity contribution in [3.63, 3.8) is 0 Å². The van der Waals surface area contributed by atoms with Crippen molar-refractivity contribution in [1.29, 1.82) is 0 Å². The average molecular weight is 472 g/mol. The third kappa shape index (κ3) is 5.77. The van der Waals surface area contributed by atoms with Crippen molar-refractivity contribution in [3.05, 3.63) is 106 Å². The molecule has 0 heterocycles. The maximum atomic E-state index is 13.4. The van der Waals surface area contributed by atoms with Crippen LogP contribution in [0.4, 0.5) is 24.5 Å². The Balaban J connectivity index is 1.81. The number of ether oxygens (including phenoxy) is 1. The normalized spacial score (nSPS) is 12.1. The molecule has 0 aromatic heterocycles. The third-order valence-corrected chi connectivity index (χ3v) is 4.94. The number of rotatable bonds is 7. The molecular formula is C24H19F3N2O5. The van der Waals surface area contributed by atoms with Gasteiger partial charge in [-0.05, 0) is 24.1 Å². The summed E-state index contributed by atoms with van der Waals surface area (Å²) < 4.78 is 45.4. The van der Waals surface area contributed by atoms with Gasteiger partial charge >= 0.3 is 12.1 Å². The van der Waals surface area contributed by atoms with E-state index < -0.39 is 51.9 Å². The largest absolute Gasteiger partial charge is 0.452 e. The molecule has 1 atom stereocenters. The van der Waals surface area contributed by atoms with Crippen molar-refractivity contribution < 1.29 is 32.4 Å². The summed E-state index contributed by atoms with van der Waals surface area (Å²) in [6.45, 7) is 1.22. The Bertz CT molecular complexity index is 1140. The van der Waals surface area contributed by atoms with Crippen LogP contribution in [0.3, 0.4) is 0 Å². The molecular weight excluding hydrogens is 453 g/mol. The Kier molecular flexibility index (Phi) is 7.30. The Labute approximate surface area is 192 Å². The van der Waals surface area contributed by atoms with Crippen molar-refractivity contribution >= 4 is 23.3 Å². The molecule has 3 rings (SSSR count). The fourth-order valence-electron chi connectivity index (χ4n) is 3.28. The SMILES string of the molecule is CC(OC(=O)C(c1ccccc1)c1ccccc1)C(=O)Nc1ccc([N+](=O)[O-])cc1C(F)(F)F. The van der Waals surface area contributed by atoms with Crippen molar-refractivity contribution in [3.8, 4) is 0 Å². The number of benzene rings is 3. The maximum absolute atomic E-state index is 13.4. The predicted octanol–water partition coefficient (Wildman–Crippen LogP) is 5.32. The van der Waals surface area contributed by atoms with Gasteiger partial charge in [0.15, 0.2) is 6.10 Å². The maximum Gasteiger partial charge on any atom is 0.418 e. The van der Waals surface area contributed by atoms with Crippen LogP contribution in [0.2, 0.25) is 0 Å². The van der Waals surface area contributed by atoms with Crippen LogP contribution in [0.15, 0.2) is 78.9 Å². The molecule has 1 amide bonds. The minimum absolute atomic E-state index is 0.327. The third-order valence-electron chi connectivity index (χ3n) is 4.94. The lowest BCUT2D eigenvalue weighted by Crippen LogP contribution is -2.32. The molecule has 34 heavy (non-hydrogen) atoms. The zero-order chi connectivity index (χ0) is 24.9. The van der Waals surface area contributed by atoms with Crippen molar-refractivity contribution in [1.82, 2.24) is 0 Å². The molecule has 3 aromatic rings. The van der Waals surface area contributed by atoms with E-state index in [2.05, 4.69) is 0 Å². The Morgan fingerprint density at radius 1 is 0.941 bits per heavy atom. The smallest absolute Gasteiger partial charge is 0.418 e. The number of halogens is 3. The number of hydrogen-bond acceptors (Lipinski definition) is 5. The van der Waals surface area contributed by atoms with Gasteiger partial charge in [-0.15, -0.1) is 0 Å². The minimum Gasteiger partial charge on any atom is -0.452 e. The summed E-state index contributed by atoms with van der Waals surface area (Å²) in [5.41, 5.74) is -1.63. The number of hydrogen-bond donors (Lipinski definition) is 1. The summed E-state index contributed by atoms with van der Waals surface area (Å²) in [7, 11) is 0. The molecule has 0 spiro atoms. The van der Waals surface area contributed by atoms with E-state index in [1.54, 1.807) is 60.7 Å². The summed E-state index contributed by atoms with van der Waals surface area (Å²) >= 11 is 0. The highest BCUT2D eigenvalue weighted by Crippen LogP contribution is 2.37. The molecule has 7 nitrogen and oxygen atoms in total. The van der Waals surface area contributed by atoms with E-state index in [0.29, 0.717) is 17.2 Å². The summed E-state index contributed by atoms with van der Waals surface area (Å²) in [5.74, 6) is -2.64. The Morgan fingerprint density at radius 3 is 1.94 bits per heavy atom. The second-order valence-corrected chi connectivity index (χ2v) is 7.31. The first-order valence-electron chi connectivity index (χ1n) is 10.0. The molecule has 3 aromatic carbocycles. The van der Waals surface area contributed by atoms with Crippen LogP contribution >= 0.6 is 0 Å². The van der Waals surface area contributed by atoms with Gasteiger partial charge in [0.25, 0.3) is 11.6 Å². The lowest BCUT2D eigenvalue weighted by atomic mass is 9.91. The van der Waals surface area contributed by atoms with Crippen LogP contribution < -0.4 is 5.32 Å². The first kappa shape index (κ1) is 24.4. The van der Waals surface area contributed by atoms with E-state index >= 15 is 0 Å². The fraction of sp³-hybridized carbons (Fsp3) is 0.167. The van der Waals surface area contributed by atoms with E-state index in [1.165, 1.54) is 6.92 Å². The molecule has 0 radical (unpaired) electrons. The number of nitro groups is 1. The van der Waals surface area contributed by atoms with Crippen LogP contribution in [0.5, 0.6) is 0 Å². The number of carbonyl (C=O) groups excluding carboxylic acids is 2. The van der Waals surface area contributed by atoms with E-state index in [-0.39, 0.29) is 0 Å². The number of nitrogens with zero attached hydrogens (tertiary/aromatic N) is 1.